The molecule has 0 spiro atoms. The number of anilines is 1. The van der Waals surface area contributed by atoms with Crippen molar-refractivity contribution in [3.63, 3.8) is 0 Å². The SMILES string of the molecule is N#CC(Cc1ccc(N2CCN(CCO)CC2)cc1F)NC(=O)C1NC2CCC1C2. The van der Waals surface area contributed by atoms with Crippen LogP contribution in [0, 0.1) is 23.1 Å². The number of hydrogen-bond acceptors (Lipinski definition) is 6. The summed E-state index contributed by atoms with van der Waals surface area (Å²) in [4.78, 5) is 16.9. The second-order valence-corrected chi connectivity index (χ2v) is 8.64. The van der Waals surface area contributed by atoms with Gasteiger partial charge in [-0.25, -0.2) is 4.39 Å². The van der Waals surface area contributed by atoms with E-state index in [1.54, 1.807) is 6.07 Å². The normalized spacial score (nSPS) is 27.1. The summed E-state index contributed by atoms with van der Waals surface area (Å²) in [6, 6.07) is 6.67. The first-order valence-electron chi connectivity index (χ1n) is 10.9. The number of carbonyl (C=O) groups is 1. The van der Waals surface area contributed by atoms with E-state index in [9.17, 15) is 14.4 Å². The zero-order chi connectivity index (χ0) is 21.1. The Morgan fingerprint density at radius 2 is 2.13 bits per heavy atom. The fourth-order valence-electron chi connectivity index (χ4n) is 5.03. The van der Waals surface area contributed by atoms with Crippen molar-refractivity contribution in [2.75, 3.05) is 44.2 Å². The summed E-state index contributed by atoms with van der Waals surface area (Å²) in [6.07, 6.45) is 3.35. The zero-order valence-electron chi connectivity index (χ0n) is 17.2. The maximum Gasteiger partial charge on any atom is 0.238 e. The largest absolute Gasteiger partial charge is 0.395 e. The van der Waals surface area contributed by atoms with Crippen LogP contribution in [0.4, 0.5) is 10.1 Å². The number of halogens is 1. The van der Waals surface area contributed by atoms with E-state index in [0.29, 0.717) is 24.1 Å². The average Bonchev–Trinajstić information content (AvgIpc) is 3.39. The van der Waals surface area contributed by atoms with Crippen LogP contribution in [0.25, 0.3) is 0 Å². The van der Waals surface area contributed by atoms with Crippen molar-refractivity contribution in [1.29, 1.82) is 5.26 Å². The molecule has 3 aliphatic rings. The molecule has 7 nitrogen and oxygen atoms in total. The van der Waals surface area contributed by atoms with Gasteiger partial charge in [0.15, 0.2) is 0 Å². The molecule has 1 aromatic rings. The maximum absolute atomic E-state index is 14.8. The number of carbonyl (C=O) groups excluding carboxylic acids is 1. The number of amides is 1. The molecule has 1 aromatic carbocycles. The van der Waals surface area contributed by atoms with Gasteiger partial charge in [-0.05, 0) is 42.9 Å². The van der Waals surface area contributed by atoms with Gasteiger partial charge in [0.05, 0.1) is 18.7 Å². The zero-order valence-corrected chi connectivity index (χ0v) is 17.2. The predicted molar refractivity (Wildman–Crippen MR) is 111 cm³/mol. The monoisotopic (exact) mass is 415 g/mol. The number of nitrogens with zero attached hydrogens (tertiary/aromatic N) is 3. The summed E-state index contributed by atoms with van der Waals surface area (Å²) in [5.41, 5.74) is 1.26. The molecule has 4 unspecified atom stereocenters. The molecule has 2 heterocycles. The minimum atomic E-state index is -0.749. The molecular weight excluding hydrogens is 385 g/mol. The minimum Gasteiger partial charge on any atom is -0.395 e. The van der Waals surface area contributed by atoms with Crippen LogP contribution in [0.15, 0.2) is 18.2 Å². The van der Waals surface area contributed by atoms with Crippen LogP contribution >= 0.6 is 0 Å². The number of nitrogens with one attached hydrogen (secondary N) is 2. The van der Waals surface area contributed by atoms with E-state index in [1.165, 1.54) is 6.07 Å². The lowest BCUT2D eigenvalue weighted by molar-refractivity contribution is -0.124. The Morgan fingerprint density at radius 3 is 2.73 bits per heavy atom. The third-order valence-corrected chi connectivity index (χ3v) is 6.73. The average molecular weight is 416 g/mol. The fourth-order valence-corrected chi connectivity index (χ4v) is 5.03. The highest BCUT2D eigenvalue weighted by Gasteiger charge is 2.43. The van der Waals surface area contributed by atoms with Crippen molar-refractivity contribution in [3.8, 4) is 6.07 Å². The van der Waals surface area contributed by atoms with Gasteiger partial charge in [-0.3, -0.25) is 9.69 Å². The molecule has 8 heteroatoms. The first kappa shape index (κ1) is 21.0. The molecule has 3 N–H and O–H groups in total. The van der Waals surface area contributed by atoms with E-state index < -0.39 is 6.04 Å². The lowest BCUT2D eigenvalue weighted by Crippen LogP contribution is -2.50. The van der Waals surface area contributed by atoms with E-state index in [1.807, 2.05) is 6.07 Å². The van der Waals surface area contributed by atoms with Crippen LogP contribution in [0.1, 0.15) is 24.8 Å². The van der Waals surface area contributed by atoms with Crippen LogP contribution in [-0.2, 0) is 11.2 Å². The highest BCUT2D eigenvalue weighted by atomic mass is 19.1. The molecular formula is C22H30FN5O2. The molecule has 162 valence electrons. The van der Waals surface area contributed by atoms with Gasteiger partial charge in [0.1, 0.15) is 11.9 Å². The van der Waals surface area contributed by atoms with Crippen LogP contribution in [0.2, 0.25) is 0 Å². The molecule has 1 saturated carbocycles. The van der Waals surface area contributed by atoms with E-state index in [0.717, 1.165) is 51.1 Å². The Hall–Kier alpha value is -2.21. The lowest BCUT2D eigenvalue weighted by Gasteiger charge is -2.35. The number of piperazine rings is 1. The standard InChI is InChI=1S/C22H30FN5O2/c23-20-13-19(28-7-5-27(6-8-28)9-10-29)4-2-15(20)11-18(14-24)26-22(30)21-16-1-3-17(12-16)25-21/h2,4,13,16-18,21,25,29H,1,3,5-12H2,(H,26,30). The molecule has 0 aromatic heterocycles. The number of aliphatic hydroxyl groups is 1. The number of piperidine rings is 1. The van der Waals surface area contributed by atoms with Crippen molar-refractivity contribution in [2.45, 2.75) is 43.8 Å². The molecule has 0 radical (unpaired) electrons. The van der Waals surface area contributed by atoms with Crippen LogP contribution in [0.5, 0.6) is 0 Å². The topological polar surface area (TPSA) is 91.6 Å². The van der Waals surface area contributed by atoms with Gasteiger partial charge in [-0.2, -0.15) is 5.26 Å². The maximum atomic E-state index is 14.8. The first-order chi connectivity index (χ1) is 14.6. The van der Waals surface area contributed by atoms with Gasteiger partial charge < -0.3 is 20.6 Å². The number of fused-ring (bicyclic) bond motifs is 2. The second kappa shape index (κ2) is 9.29. The summed E-state index contributed by atoms with van der Waals surface area (Å²) < 4.78 is 14.8. The van der Waals surface area contributed by atoms with Crippen LogP contribution in [-0.4, -0.2) is 73.4 Å². The second-order valence-electron chi connectivity index (χ2n) is 8.64. The lowest BCUT2D eigenvalue weighted by atomic mass is 9.98. The summed E-state index contributed by atoms with van der Waals surface area (Å²) in [6.45, 7) is 4.06. The van der Waals surface area contributed by atoms with Crippen molar-refractivity contribution in [3.05, 3.63) is 29.6 Å². The van der Waals surface area contributed by atoms with Crippen molar-refractivity contribution in [1.82, 2.24) is 15.5 Å². The highest BCUT2D eigenvalue weighted by Crippen LogP contribution is 2.35. The van der Waals surface area contributed by atoms with Gasteiger partial charge in [0.2, 0.25) is 5.91 Å². The number of aliphatic hydroxyl groups excluding tert-OH is 1. The molecule has 2 saturated heterocycles. The summed E-state index contributed by atoms with van der Waals surface area (Å²) >= 11 is 0. The van der Waals surface area contributed by atoms with Crippen LogP contribution in [0.3, 0.4) is 0 Å². The number of rotatable bonds is 7. The minimum absolute atomic E-state index is 0.147. The van der Waals surface area contributed by atoms with Crippen LogP contribution < -0.4 is 15.5 Å². The summed E-state index contributed by atoms with van der Waals surface area (Å²) in [5.74, 6) is -0.146. The Morgan fingerprint density at radius 1 is 1.33 bits per heavy atom. The van der Waals surface area contributed by atoms with Gasteiger partial charge in [-0.15, -0.1) is 0 Å². The van der Waals surface area contributed by atoms with E-state index in [-0.39, 0.29) is 30.8 Å². The number of hydrogen-bond donors (Lipinski definition) is 3. The molecule has 1 amide bonds. The van der Waals surface area contributed by atoms with Gasteiger partial charge >= 0.3 is 0 Å². The van der Waals surface area contributed by atoms with Crippen molar-refractivity contribution >= 4 is 11.6 Å². The van der Waals surface area contributed by atoms with E-state index >= 15 is 0 Å². The van der Waals surface area contributed by atoms with Gasteiger partial charge in [0.25, 0.3) is 0 Å². The van der Waals surface area contributed by atoms with Gasteiger partial charge in [0, 0.05) is 50.9 Å². The molecule has 2 bridgehead atoms. The Balaban J connectivity index is 1.33. The highest BCUT2D eigenvalue weighted by molar-refractivity contribution is 5.83. The summed E-state index contributed by atoms with van der Waals surface area (Å²) in [7, 11) is 0. The predicted octanol–water partition coefficient (Wildman–Crippen LogP) is 0.631. The molecule has 3 fully saturated rings. The molecule has 4 atom stereocenters. The molecule has 1 aliphatic carbocycles. The Labute approximate surface area is 176 Å². The summed E-state index contributed by atoms with van der Waals surface area (Å²) in [5, 5.41) is 24.7. The van der Waals surface area contributed by atoms with E-state index in [4.69, 9.17) is 5.11 Å². The third-order valence-electron chi connectivity index (χ3n) is 6.73. The van der Waals surface area contributed by atoms with E-state index in [2.05, 4.69) is 26.5 Å². The molecule has 4 rings (SSSR count). The smallest absolute Gasteiger partial charge is 0.238 e. The van der Waals surface area contributed by atoms with Gasteiger partial charge in [-0.1, -0.05) is 6.07 Å². The fraction of sp³-hybridized carbons (Fsp3) is 0.636. The number of nitriles is 1. The van der Waals surface area contributed by atoms with Crippen molar-refractivity contribution < 1.29 is 14.3 Å². The molecule has 2 aliphatic heterocycles. The number of β-amino-alcohol motifs (C(OH)–C–C–N with tert-alkyl or cyclic N) is 1. The quantitative estimate of drug-likeness (QED) is 0.605. The Kier molecular flexibility index (Phi) is 6.52. The van der Waals surface area contributed by atoms with Crippen molar-refractivity contribution in [2.24, 2.45) is 5.92 Å². The first-order valence-corrected chi connectivity index (χ1v) is 10.9. The Bertz CT molecular complexity index is 805. The molecule has 30 heavy (non-hydrogen) atoms. The number of benzene rings is 1. The third kappa shape index (κ3) is 4.59.